The highest BCUT2D eigenvalue weighted by Gasteiger charge is 2.23. The maximum absolute atomic E-state index is 3.48. The highest BCUT2D eigenvalue weighted by molar-refractivity contribution is 4.79. The molecule has 0 aromatic rings. The molecule has 1 aliphatic rings. The molecule has 0 amide bonds. The molecule has 1 N–H and O–H groups in total. The first-order valence-corrected chi connectivity index (χ1v) is 8.08. The fourth-order valence-electron chi connectivity index (χ4n) is 2.97. The van der Waals surface area contributed by atoms with Crippen LogP contribution in [0.25, 0.3) is 0 Å². The number of rotatable bonds is 9. The van der Waals surface area contributed by atoms with Gasteiger partial charge in [0.1, 0.15) is 0 Å². The molecule has 0 heterocycles. The summed E-state index contributed by atoms with van der Waals surface area (Å²) in [6.45, 7) is 14.1. The van der Waals surface area contributed by atoms with Gasteiger partial charge in [-0.25, -0.2) is 0 Å². The summed E-state index contributed by atoms with van der Waals surface area (Å²) < 4.78 is 0. The Bertz CT molecular complexity index is 197. The maximum Gasteiger partial charge on any atom is 0.00953 e. The van der Waals surface area contributed by atoms with Gasteiger partial charge in [0, 0.05) is 12.6 Å². The first-order valence-electron chi connectivity index (χ1n) is 8.08. The average Bonchev–Trinajstić information content (AvgIpc) is 2.85. The summed E-state index contributed by atoms with van der Waals surface area (Å²) in [5.74, 6) is 1.61. The number of hydrogen-bond acceptors (Lipinski definition) is 2. The molecule has 2 nitrogen and oxygen atoms in total. The van der Waals surface area contributed by atoms with E-state index in [1.165, 1.54) is 51.7 Å². The second-order valence-corrected chi connectivity index (χ2v) is 6.53. The summed E-state index contributed by atoms with van der Waals surface area (Å²) in [6.07, 6.45) is 7.12. The minimum absolute atomic E-state index is 0.776. The fraction of sp³-hybridized carbons (Fsp3) is 1.00. The monoisotopic (exact) mass is 254 g/mol. The van der Waals surface area contributed by atoms with E-state index in [0.29, 0.717) is 0 Å². The van der Waals surface area contributed by atoms with Gasteiger partial charge in [0.25, 0.3) is 0 Å². The molecular weight excluding hydrogens is 220 g/mol. The van der Waals surface area contributed by atoms with E-state index in [2.05, 4.69) is 37.9 Å². The normalized spacial score (nSPS) is 19.0. The van der Waals surface area contributed by atoms with E-state index in [1.54, 1.807) is 0 Å². The van der Waals surface area contributed by atoms with E-state index >= 15 is 0 Å². The minimum Gasteiger partial charge on any atom is -0.317 e. The first kappa shape index (κ1) is 16.0. The lowest BCUT2D eigenvalue weighted by atomic mass is 10.1. The Morgan fingerprint density at radius 2 is 1.83 bits per heavy atom. The molecule has 0 aliphatic heterocycles. The third-order valence-corrected chi connectivity index (χ3v) is 4.12. The molecule has 0 aromatic carbocycles. The minimum atomic E-state index is 0.776. The lowest BCUT2D eigenvalue weighted by Crippen LogP contribution is -2.40. The summed E-state index contributed by atoms with van der Waals surface area (Å²) in [6, 6.07) is 0.882. The number of nitrogens with zero attached hydrogens (tertiary/aromatic N) is 1. The van der Waals surface area contributed by atoms with Crippen molar-refractivity contribution in [1.82, 2.24) is 10.2 Å². The van der Waals surface area contributed by atoms with Gasteiger partial charge in [-0.1, -0.05) is 40.5 Å². The molecule has 0 spiro atoms. The van der Waals surface area contributed by atoms with Gasteiger partial charge in [-0.2, -0.15) is 0 Å². The van der Waals surface area contributed by atoms with Crippen molar-refractivity contribution in [3.63, 3.8) is 0 Å². The smallest absolute Gasteiger partial charge is 0.00953 e. The molecule has 18 heavy (non-hydrogen) atoms. The quantitative estimate of drug-likeness (QED) is 0.677. The van der Waals surface area contributed by atoms with E-state index in [4.69, 9.17) is 0 Å². The molecule has 2 heteroatoms. The van der Waals surface area contributed by atoms with Gasteiger partial charge in [0.2, 0.25) is 0 Å². The molecule has 1 aliphatic carbocycles. The van der Waals surface area contributed by atoms with Crippen LogP contribution < -0.4 is 5.32 Å². The zero-order valence-corrected chi connectivity index (χ0v) is 13.0. The number of hydrogen-bond donors (Lipinski definition) is 1. The predicted octanol–water partition coefficient (Wildman–Crippen LogP) is 3.52. The SMILES string of the molecule is CCNCC(C)CN(CCC(C)C)C1CCCC1. The van der Waals surface area contributed by atoms with Crippen LogP contribution in [0.1, 0.15) is 59.8 Å². The average molecular weight is 254 g/mol. The van der Waals surface area contributed by atoms with Crippen molar-refractivity contribution in [3.05, 3.63) is 0 Å². The molecule has 0 saturated heterocycles. The second-order valence-electron chi connectivity index (χ2n) is 6.53. The maximum atomic E-state index is 3.48. The predicted molar refractivity (Wildman–Crippen MR) is 81.0 cm³/mol. The molecule has 1 saturated carbocycles. The Hall–Kier alpha value is -0.0800. The van der Waals surface area contributed by atoms with Gasteiger partial charge < -0.3 is 10.2 Å². The van der Waals surface area contributed by atoms with Gasteiger partial charge in [-0.05, 0) is 50.7 Å². The summed E-state index contributed by atoms with van der Waals surface area (Å²) >= 11 is 0. The molecule has 1 unspecified atom stereocenters. The Labute approximate surface area is 115 Å². The van der Waals surface area contributed by atoms with E-state index in [9.17, 15) is 0 Å². The van der Waals surface area contributed by atoms with Crippen molar-refractivity contribution >= 4 is 0 Å². The molecule has 1 fully saturated rings. The van der Waals surface area contributed by atoms with Crippen molar-refractivity contribution in [2.45, 2.75) is 65.8 Å². The van der Waals surface area contributed by atoms with Gasteiger partial charge in [-0.15, -0.1) is 0 Å². The van der Waals surface area contributed by atoms with Crippen LogP contribution in [0.4, 0.5) is 0 Å². The highest BCUT2D eigenvalue weighted by Crippen LogP contribution is 2.24. The van der Waals surface area contributed by atoms with Crippen molar-refractivity contribution in [2.24, 2.45) is 11.8 Å². The lowest BCUT2D eigenvalue weighted by molar-refractivity contribution is 0.163. The van der Waals surface area contributed by atoms with Crippen LogP contribution in [0.2, 0.25) is 0 Å². The number of nitrogens with one attached hydrogen (secondary N) is 1. The summed E-state index contributed by atoms with van der Waals surface area (Å²) in [5.41, 5.74) is 0. The topological polar surface area (TPSA) is 15.3 Å². The molecule has 1 atom stereocenters. The third kappa shape index (κ3) is 6.19. The molecular formula is C16H34N2. The van der Waals surface area contributed by atoms with Crippen molar-refractivity contribution < 1.29 is 0 Å². The standard InChI is InChI=1S/C16H34N2/c1-5-17-12-15(4)13-18(11-10-14(2)3)16-8-6-7-9-16/h14-17H,5-13H2,1-4H3. The van der Waals surface area contributed by atoms with E-state index in [1.807, 2.05) is 0 Å². The van der Waals surface area contributed by atoms with Crippen LogP contribution >= 0.6 is 0 Å². The van der Waals surface area contributed by atoms with Crippen LogP contribution in [-0.2, 0) is 0 Å². The van der Waals surface area contributed by atoms with Gasteiger partial charge in [0.05, 0.1) is 0 Å². The van der Waals surface area contributed by atoms with Crippen LogP contribution in [0.3, 0.4) is 0 Å². The van der Waals surface area contributed by atoms with Crippen molar-refractivity contribution in [2.75, 3.05) is 26.2 Å². The molecule has 108 valence electrons. The van der Waals surface area contributed by atoms with E-state index < -0.39 is 0 Å². The van der Waals surface area contributed by atoms with E-state index in [-0.39, 0.29) is 0 Å². The van der Waals surface area contributed by atoms with Crippen molar-refractivity contribution in [1.29, 1.82) is 0 Å². The molecule has 0 bridgehead atoms. The zero-order valence-electron chi connectivity index (χ0n) is 13.0. The van der Waals surface area contributed by atoms with Gasteiger partial charge >= 0.3 is 0 Å². The Balaban J connectivity index is 2.37. The van der Waals surface area contributed by atoms with Gasteiger partial charge in [0.15, 0.2) is 0 Å². The summed E-state index contributed by atoms with van der Waals surface area (Å²) in [7, 11) is 0. The largest absolute Gasteiger partial charge is 0.317 e. The van der Waals surface area contributed by atoms with Crippen molar-refractivity contribution in [3.8, 4) is 0 Å². The first-order chi connectivity index (χ1) is 8.63. The van der Waals surface area contributed by atoms with Crippen LogP contribution in [-0.4, -0.2) is 37.1 Å². The van der Waals surface area contributed by atoms with E-state index in [0.717, 1.165) is 24.4 Å². The third-order valence-electron chi connectivity index (χ3n) is 4.12. The molecule has 0 aromatic heterocycles. The van der Waals surface area contributed by atoms with Crippen LogP contribution in [0, 0.1) is 11.8 Å². The van der Waals surface area contributed by atoms with Gasteiger partial charge in [-0.3, -0.25) is 0 Å². The Kier molecular flexibility index (Phi) is 7.92. The lowest BCUT2D eigenvalue weighted by Gasteiger charge is -2.32. The van der Waals surface area contributed by atoms with Crippen LogP contribution in [0.5, 0.6) is 0 Å². The second kappa shape index (κ2) is 8.92. The zero-order chi connectivity index (χ0) is 13.4. The molecule has 0 radical (unpaired) electrons. The molecule has 1 rings (SSSR count). The Morgan fingerprint density at radius 1 is 1.17 bits per heavy atom. The Morgan fingerprint density at radius 3 is 2.39 bits per heavy atom. The van der Waals surface area contributed by atoms with Crippen LogP contribution in [0.15, 0.2) is 0 Å². The fourth-order valence-corrected chi connectivity index (χ4v) is 2.97. The summed E-state index contributed by atoms with van der Waals surface area (Å²) in [4.78, 5) is 2.79. The highest BCUT2D eigenvalue weighted by atomic mass is 15.2. The summed E-state index contributed by atoms with van der Waals surface area (Å²) in [5, 5.41) is 3.48.